The van der Waals surface area contributed by atoms with Gasteiger partial charge >= 0.3 is 6.09 Å². The van der Waals surface area contributed by atoms with Crippen LogP contribution in [0.25, 0.3) is 11.1 Å². The second-order valence-corrected chi connectivity index (χ2v) is 10.9. The van der Waals surface area contributed by atoms with Crippen molar-refractivity contribution in [3.63, 3.8) is 0 Å². The van der Waals surface area contributed by atoms with Crippen molar-refractivity contribution in [2.45, 2.75) is 42.2 Å². The number of hydrogen-bond donors (Lipinski definition) is 0. The van der Waals surface area contributed by atoms with Gasteiger partial charge in [-0.15, -0.1) is 0 Å². The average Bonchev–Trinajstić information content (AvgIpc) is 3.07. The highest BCUT2D eigenvalue weighted by molar-refractivity contribution is 7.92. The topological polar surface area (TPSA) is 66.9 Å². The van der Waals surface area contributed by atoms with E-state index in [-0.39, 0.29) is 12.1 Å². The zero-order valence-corrected chi connectivity index (χ0v) is 17.6. The van der Waals surface area contributed by atoms with Gasteiger partial charge in [-0.05, 0) is 39.0 Å². The van der Waals surface area contributed by atoms with E-state index in [0.29, 0.717) is 28.8 Å². The maximum Gasteiger partial charge on any atom is 0.410 e. The molecule has 2 aromatic carbocycles. The maximum atomic E-state index is 13.0. The maximum absolute atomic E-state index is 13.0. The van der Waals surface area contributed by atoms with Gasteiger partial charge in [0.05, 0.1) is 15.8 Å². The molecule has 6 nitrogen and oxygen atoms in total. The Labute approximate surface area is 171 Å². The summed E-state index contributed by atoms with van der Waals surface area (Å²) in [6.45, 7) is 7.79. The number of likely N-dealkylation sites (tertiary alicyclic amines) is 1. The van der Waals surface area contributed by atoms with Crippen molar-refractivity contribution in [3.05, 3.63) is 42.5 Å². The molecule has 0 aromatic heterocycles. The highest BCUT2D eigenvalue weighted by Crippen LogP contribution is 2.45. The Morgan fingerprint density at radius 3 is 2.48 bits per heavy atom. The van der Waals surface area contributed by atoms with E-state index >= 15 is 0 Å². The summed E-state index contributed by atoms with van der Waals surface area (Å²) >= 11 is 0. The van der Waals surface area contributed by atoms with Crippen molar-refractivity contribution in [3.8, 4) is 11.1 Å². The fraction of sp³-hybridized carbons (Fsp3) is 0.409. The van der Waals surface area contributed by atoms with Crippen LogP contribution in [0.5, 0.6) is 0 Å². The van der Waals surface area contributed by atoms with Crippen molar-refractivity contribution in [1.29, 1.82) is 0 Å². The molecule has 0 spiro atoms. The van der Waals surface area contributed by atoms with Crippen molar-refractivity contribution in [2.75, 3.05) is 24.5 Å². The van der Waals surface area contributed by atoms with Crippen molar-refractivity contribution < 1.29 is 17.9 Å². The number of hydrogen-bond acceptors (Lipinski definition) is 5. The molecule has 3 aliphatic heterocycles. The lowest BCUT2D eigenvalue weighted by atomic mass is 9.93. The van der Waals surface area contributed by atoms with Gasteiger partial charge in [-0.25, -0.2) is 13.2 Å². The van der Waals surface area contributed by atoms with Crippen molar-refractivity contribution in [1.82, 2.24) is 4.90 Å². The minimum Gasteiger partial charge on any atom is -0.444 e. The van der Waals surface area contributed by atoms with Crippen molar-refractivity contribution >= 4 is 21.6 Å². The molecule has 0 radical (unpaired) electrons. The third-order valence-electron chi connectivity index (χ3n) is 5.95. The second-order valence-electron chi connectivity index (χ2n) is 9.05. The molecule has 0 aliphatic carbocycles. The molecule has 3 aliphatic rings. The summed E-state index contributed by atoms with van der Waals surface area (Å²) < 4.78 is 31.4. The summed E-state index contributed by atoms with van der Waals surface area (Å²) in [5.74, 6) is 0.393. The molecule has 5 rings (SSSR count). The third kappa shape index (κ3) is 2.82. The van der Waals surface area contributed by atoms with E-state index < -0.39 is 15.4 Å². The van der Waals surface area contributed by atoms with Gasteiger partial charge < -0.3 is 14.5 Å². The van der Waals surface area contributed by atoms with E-state index in [4.69, 9.17) is 4.74 Å². The molecule has 2 saturated heterocycles. The molecule has 3 heterocycles. The number of nitrogens with zero attached hydrogens (tertiary/aromatic N) is 2. The molecular formula is C22H24N2O4S. The van der Waals surface area contributed by atoms with Gasteiger partial charge in [0.25, 0.3) is 0 Å². The molecule has 2 fully saturated rings. The van der Waals surface area contributed by atoms with Crippen LogP contribution in [0.1, 0.15) is 20.8 Å². The Hall–Kier alpha value is -2.54. The summed E-state index contributed by atoms with van der Waals surface area (Å²) in [4.78, 5) is 17.1. The van der Waals surface area contributed by atoms with Crippen LogP contribution < -0.4 is 4.90 Å². The molecule has 152 valence electrons. The van der Waals surface area contributed by atoms with Crippen LogP contribution in [-0.2, 0) is 14.6 Å². The monoisotopic (exact) mass is 412 g/mol. The van der Waals surface area contributed by atoms with E-state index in [1.165, 1.54) is 0 Å². The quantitative estimate of drug-likeness (QED) is 0.611. The smallest absolute Gasteiger partial charge is 0.410 e. The summed E-state index contributed by atoms with van der Waals surface area (Å²) in [7, 11) is -3.48. The zero-order valence-electron chi connectivity index (χ0n) is 16.8. The first-order valence-corrected chi connectivity index (χ1v) is 11.4. The van der Waals surface area contributed by atoms with Gasteiger partial charge in [-0.1, -0.05) is 24.3 Å². The van der Waals surface area contributed by atoms with Gasteiger partial charge in [0.2, 0.25) is 9.84 Å². The number of fused-ring (bicyclic) bond motifs is 4. The number of amides is 1. The summed E-state index contributed by atoms with van der Waals surface area (Å²) in [6.07, 6.45) is -0.271. The fourth-order valence-electron chi connectivity index (χ4n) is 4.57. The minimum atomic E-state index is -3.48. The normalized spacial score (nSPS) is 23.8. The van der Waals surface area contributed by atoms with E-state index in [1.807, 2.05) is 45.0 Å². The van der Waals surface area contributed by atoms with E-state index in [1.54, 1.807) is 23.1 Å². The lowest BCUT2D eigenvalue weighted by molar-refractivity contribution is -0.0163. The standard InChI is InChI=1S/C22H24N2O4S/c1-22(2,3)28-21(25)24-12-14-11-23(13-18(14)24)15-8-9-17-16-6-4-5-7-19(16)29(26,27)20(17)10-15/h4-10,14,18H,11-13H2,1-3H3. The molecule has 2 atom stereocenters. The molecule has 0 bridgehead atoms. The first-order chi connectivity index (χ1) is 13.6. The van der Waals surface area contributed by atoms with Gasteiger partial charge in [-0.2, -0.15) is 0 Å². The Morgan fingerprint density at radius 1 is 1.00 bits per heavy atom. The molecule has 2 unspecified atom stereocenters. The second kappa shape index (κ2) is 5.98. The van der Waals surface area contributed by atoms with E-state index in [0.717, 1.165) is 23.4 Å². The van der Waals surface area contributed by atoms with Crippen LogP contribution in [0.4, 0.5) is 10.5 Å². The van der Waals surface area contributed by atoms with Crippen LogP contribution in [0.15, 0.2) is 52.3 Å². The molecule has 7 heteroatoms. The number of rotatable bonds is 1. The summed E-state index contributed by atoms with van der Waals surface area (Å²) in [5.41, 5.74) is 1.91. The van der Waals surface area contributed by atoms with Crippen LogP contribution in [0, 0.1) is 5.92 Å². The first-order valence-electron chi connectivity index (χ1n) is 9.88. The lowest BCUT2D eigenvalue weighted by Gasteiger charge is -2.43. The van der Waals surface area contributed by atoms with Crippen LogP contribution in [0.3, 0.4) is 0 Å². The van der Waals surface area contributed by atoms with Crippen LogP contribution >= 0.6 is 0 Å². The average molecular weight is 413 g/mol. The Morgan fingerprint density at radius 2 is 1.72 bits per heavy atom. The molecule has 2 aromatic rings. The molecule has 0 saturated carbocycles. The largest absolute Gasteiger partial charge is 0.444 e. The van der Waals surface area contributed by atoms with Gasteiger partial charge in [0.1, 0.15) is 5.60 Å². The predicted octanol–water partition coefficient (Wildman–Crippen LogP) is 3.56. The lowest BCUT2D eigenvalue weighted by Crippen LogP contribution is -2.59. The SMILES string of the molecule is CC(C)(C)OC(=O)N1CC2CN(c3ccc4c(c3)S(=O)(=O)c3ccccc3-4)CC21. The van der Waals surface area contributed by atoms with Crippen LogP contribution in [-0.4, -0.2) is 50.7 Å². The van der Waals surface area contributed by atoms with Crippen molar-refractivity contribution in [2.24, 2.45) is 5.92 Å². The van der Waals surface area contributed by atoms with Gasteiger partial charge in [0, 0.05) is 42.4 Å². The van der Waals surface area contributed by atoms with E-state index in [9.17, 15) is 13.2 Å². The van der Waals surface area contributed by atoms with E-state index in [2.05, 4.69) is 4.90 Å². The first kappa shape index (κ1) is 18.5. The highest BCUT2D eigenvalue weighted by Gasteiger charge is 2.49. The third-order valence-corrected chi connectivity index (χ3v) is 7.80. The molecule has 29 heavy (non-hydrogen) atoms. The van der Waals surface area contributed by atoms with Crippen LogP contribution in [0.2, 0.25) is 0 Å². The summed E-state index contributed by atoms with van der Waals surface area (Å²) in [5, 5.41) is 0. The Bertz CT molecular complexity index is 1120. The number of ether oxygens (including phenoxy) is 1. The molecular weight excluding hydrogens is 388 g/mol. The van der Waals surface area contributed by atoms with Gasteiger partial charge in [-0.3, -0.25) is 0 Å². The molecule has 0 N–H and O–H groups in total. The van der Waals surface area contributed by atoms with Gasteiger partial charge in [0.15, 0.2) is 0 Å². The summed E-state index contributed by atoms with van der Waals surface area (Å²) in [6, 6.07) is 12.9. The Balaban J connectivity index is 1.39. The molecule has 1 amide bonds. The highest BCUT2D eigenvalue weighted by atomic mass is 32.2. The number of anilines is 1. The minimum absolute atomic E-state index is 0.118. The number of carbonyl (C=O) groups is 1. The predicted molar refractivity (Wildman–Crippen MR) is 110 cm³/mol. The number of benzene rings is 2. The number of carbonyl (C=O) groups excluding carboxylic acids is 1. The Kier molecular flexibility index (Phi) is 3.81. The number of sulfone groups is 1. The zero-order chi connectivity index (χ0) is 20.6. The fourth-order valence-corrected chi connectivity index (χ4v) is 6.28.